The fraction of sp³-hybridized carbons (Fsp3) is 0.400. The van der Waals surface area contributed by atoms with Crippen molar-refractivity contribution in [2.75, 3.05) is 20.2 Å². The van der Waals surface area contributed by atoms with Crippen LogP contribution >= 0.6 is 15.9 Å². The molecule has 1 rings (SSSR count). The maximum Gasteiger partial charge on any atom is 0.165 e. The Labute approximate surface area is 91.6 Å². The van der Waals surface area contributed by atoms with E-state index in [1.807, 2.05) is 7.05 Å². The van der Waals surface area contributed by atoms with Gasteiger partial charge in [-0.1, -0.05) is 15.9 Å². The van der Waals surface area contributed by atoms with Crippen LogP contribution in [0.15, 0.2) is 22.7 Å². The Morgan fingerprint density at radius 1 is 1.50 bits per heavy atom. The van der Waals surface area contributed by atoms with Crippen molar-refractivity contribution in [1.29, 1.82) is 0 Å². The van der Waals surface area contributed by atoms with Crippen molar-refractivity contribution in [3.8, 4) is 5.75 Å². The number of nitrogens with one attached hydrogen (secondary N) is 1. The predicted molar refractivity (Wildman–Crippen MR) is 58.1 cm³/mol. The zero-order valence-corrected chi connectivity index (χ0v) is 9.60. The molecule has 2 nitrogen and oxygen atoms in total. The van der Waals surface area contributed by atoms with E-state index in [0.29, 0.717) is 12.4 Å². The molecular formula is C10H13BrFNO. The van der Waals surface area contributed by atoms with Crippen molar-refractivity contribution in [2.24, 2.45) is 0 Å². The highest BCUT2D eigenvalue weighted by Gasteiger charge is 2.02. The van der Waals surface area contributed by atoms with Gasteiger partial charge in [0.05, 0.1) is 6.61 Å². The summed E-state index contributed by atoms with van der Waals surface area (Å²) in [7, 11) is 1.87. The summed E-state index contributed by atoms with van der Waals surface area (Å²) in [6.45, 7) is 1.39. The van der Waals surface area contributed by atoms with Gasteiger partial charge in [-0.3, -0.25) is 0 Å². The zero-order chi connectivity index (χ0) is 10.4. The zero-order valence-electron chi connectivity index (χ0n) is 8.02. The third kappa shape index (κ3) is 3.64. The van der Waals surface area contributed by atoms with E-state index in [4.69, 9.17) is 4.74 Å². The number of benzene rings is 1. The highest BCUT2D eigenvalue weighted by atomic mass is 79.9. The molecule has 0 amide bonds. The average molecular weight is 262 g/mol. The predicted octanol–water partition coefficient (Wildman–Crippen LogP) is 2.58. The Bertz CT molecular complexity index is 293. The Morgan fingerprint density at radius 3 is 3.00 bits per heavy atom. The molecule has 0 bridgehead atoms. The van der Waals surface area contributed by atoms with Gasteiger partial charge in [0.2, 0.25) is 0 Å². The molecule has 14 heavy (non-hydrogen) atoms. The van der Waals surface area contributed by atoms with Gasteiger partial charge >= 0.3 is 0 Å². The van der Waals surface area contributed by atoms with Crippen molar-refractivity contribution in [3.05, 3.63) is 28.5 Å². The third-order valence-electron chi connectivity index (χ3n) is 1.72. The van der Waals surface area contributed by atoms with Gasteiger partial charge in [0.25, 0.3) is 0 Å². The number of hydrogen-bond donors (Lipinski definition) is 1. The topological polar surface area (TPSA) is 21.3 Å². The molecule has 0 aliphatic heterocycles. The lowest BCUT2D eigenvalue weighted by atomic mass is 10.3. The van der Waals surface area contributed by atoms with Crippen LogP contribution in [0, 0.1) is 5.82 Å². The van der Waals surface area contributed by atoms with E-state index in [1.54, 1.807) is 12.1 Å². The monoisotopic (exact) mass is 261 g/mol. The standard InChI is InChI=1S/C10H13BrFNO/c1-13-5-2-6-14-10-7-8(11)3-4-9(10)12/h3-4,7,13H,2,5-6H2,1H3. The summed E-state index contributed by atoms with van der Waals surface area (Å²) in [5, 5.41) is 3.00. The molecule has 0 saturated carbocycles. The summed E-state index contributed by atoms with van der Waals surface area (Å²) in [6.07, 6.45) is 0.864. The second-order valence-corrected chi connectivity index (χ2v) is 3.80. The maximum absolute atomic E-state index is 13.1. The molecule has 0 atom stereocenters. The van der Waals surface area contributed by atoms with E-state index in [-0.39, 0.29) is 5.82 Å². The Balaban J connectivity index is 2.45. The fourth-order valence-electron chi connectivity index (χ4n) is 1.02. The Kier molecular flexibility index (Phi) is 4.90. The molecule has 0 spiro atoms. The van der Waals surface area contributed by atoms with Gasteiger partial charge in [-0.2, -0.15) is 0 Å². The molecule has 4 heteroatoms. The Hall–Kier alpha value is -0.610. The quantitative estimate of drug-likeness (QED) is 0.823. The first-order valence-electron chi connectivity index (χ1n) is 4.46. The molecule has 0 heterocycles. The van der Waals surface area contributed by atoms with Gasteiger partial charge < -0.3 is 10.1 Å². The van der Waals surface area contributed by atoms with E-state index in [0.717, 1.165) is 17.4 Å². The van der Waals surface area contributed by atoms with Gasteiger partial charge in [0.15, 0.2) is 11.6 Å². The van der Waals surface area contributed by atoms with Crippen LogP contribution in [0.5, 0.6) is 5.75 Å². The molecule has 1 aromatic rings. The second kappa shape index (κ2) is 5.98. The largest absolute Gasteiger partial charge is 0.490 e. The van der Waals surface area contributed by atoms with Gasteiger partial charge in [0, 0.05) is 4.47 Å². The first-order valence-corrected chi connectivity index (χ1v) is 5.26. The van der Waals surface area contributed by atoms with Crippen LogP contribution in [0.3, 0.4) is 0 Å². The molecule has 0 saturated heterocycles. The molecule has 1 N–H and O–H groups in total. The van der Waals surface area contributed by atoms with Gasteiger partial charge in [0.1, 0.15) is 0 Å². The van der Waals surface area contributed by atoms with Crippen LogP contribution in [0.2, 0.25) is 0 Å². The van der Waals surface area contributed by atoms with Crippen molar-refractivity contribution >= 4 is 15.9 Å². The average Bonchev–Trinajstić information content (AvgIpc) is 2.18. The van der Waals surface area contributed by atoms with Crippen molar-refractivity contribution in [3.63, 3.8) is 0 Å². The maximum atomic E-state index is 13.1. The lowest BCUT2D eigenvalue weighted by Gasteiger charge is -2.07. The summed E-state index contributed by atoms with van der Waals surface area (Å²) < 4.78 is 19.2. The summed E-state index contributed by atoms with van der Waals surface area (Å²) in [6, 6.07) is 4.67. The summed E-state index contributed by atoms with van der Waals surface area (Å²) >= 11 is 3.26. The molecule has 0 aromatic heterocycles. The van der Waals surface area contributed by atoms with Gasteiger partial charge in [-0.15, -0.1) is 0 Å². The van der Waals surface area contributed by atoms with Crippen molar-refractivity contribution in [2.45, 2.75) is 6.42 Å². The van der Waals surface area contributed by atoms with Crippen LogP contribution in [0.1, 0.15) is 6.42 Å². The molecule has 0 unspecified atom stereocenters. The molecule has 0 fully saturated rings. The first kappa shape index (κ1) is 11.5. The number of halogens is 2. The second-order valence-electron chi connectivity index (χ2n) is 2.88. The third-order valence-corrected chi connectivity index (χ3v) is 2.22. The van der Waals surface area contributed by atoms with Crippen LogP contribution in [0.4, 0.5) is 4.39 Å². The lowest BCUT2D eigenvalue weighted by molar-refractivity contribution is 0.294. The van der Waals surface area contributed by atoms with E-state index in [1.165, 1.54) is 6.07 Å². The van der Waals surface area contributed by atoms with Gasteiger partial charge in [-0.05, 0) is 38.2 Å². The van der Waals surface area contributed by atoms with E-state index in [2.05, 4.69) is 21.2 Å². The molecule has 0 radical (unpaired) electrons. The van der Waals surface area contributed by atoms with Crippen LogP contribution in [0.25, 0.3) is 0 Å². The highest BCUT2D eigenvalue weighted by molar-refractivity contribution is 9.10. The molecule has 0 aliphatic carbocycles. The molecule has 0 aliphatic rings. The minimum Gasteiger partial charge on any atom is -0.490 e. The Morgan fingerprint density at radius 2 is 2.29 bits per heavy atom. The summed E-state index contributed by atoms with van der Waals surface area (Å²) in [5.41, 5.74) is 0. The first-order chi connectivity index (χ1) is 6.74. The highest BCUT2D eigenvalue weighted by Crippen LogP contribution is 2.22. The van der Waals surface area contributed by atoms with Crippen LogP contribution < -0.4 is 10.1 Å². The fourth-order valence-corrected chi connectivity index (χ4v) is 1.36. The van der Waals surface area contributed by atoms with E-state index in [9.17, 15) is 4.39 Å². The SMILES string of the molecule is CNCCCOc1cc(Br)ccc1F. The summed E-state index contributed by atoms with van der Waals surface area (Å²) in [4.78, 5) is 0. The van der Waals surface area contributed by atoms with Crippen LogP contribution in [-0.4, -0.2) is 20.2 Å². The smallest absolute Gasteiger partial charge is 0.165 e. The van der Waals surface area contributed by atoms with Crippen molar-refractivity contribution < 1.29 is 9.13 Å². The number of hydrogen-bond acceptors (Lipinski definition) is 2. The van der Waals surface area contributed by atoms with E-state index >= 15 is 0 Å². The summed E-state index contributed by atoms with van der Waals surface area (Å²) in [5.74, 6) is -0.0202. The van der Waals surface area contributed by atoms with Gasteiger partial charge in [-0.25, -0.2) is 4.39 Å². The minimum atomic E-state index is -0.322. The van der Waals surface area contributed by atoms with E-state index < -0.39 is 0 Å². The number of ether oxygens (including phenoxy) is 1. The van der Waals surface area contributed by atoms with Crippen molar-refractivity contribution in [1.82, 2.24) is 5.32 Å². The molecular weight excluding hydrogens is 249 g/mol. The molecule has 78 valence electrons. The number of rotatable bonds is 5. The lowest BCUT2D eigenvalue weighted by Crippen LogP contribution is -2.11. The van der Waals surface area contributed by atoms with Crippen LogP contribution in [-0.2, 0) is 0 Å². The minimum absolute atomic E-state index is 0.301. The molecule has 1 aromatic carbocycles. The normalized spacial score (nSPS) is 10.2.